The Hall–Kier alpha value is -3.57. The van der Waals surface area contributed by atoms with E-state index < -0.39 is 6.17 Å². The summed E-state index contributed by atoms with van der Waals surface area (Å²) in [4.78, 5) is 29.0. The second-order valence-electron chi connectivity index (χ2n) is 11.8. The van der Waals surface area contributed by atoms with Gasteiger partial charge in [0, 0.05) is 50.0 Å². The number of rotatable bonds is 7. The summed E-state index contributed by atoms with van der Waals surface area (Å²) >= 11 is 0. The van der Waals surface area contributed by atoms with E-state index in [4.69, 9.17) is 4.74 Å². The van der Waals surface area contributed by atoms with Gasteiger partial charge in [-0.25, -0.2) is 8.78 Å². The number of aliphatic hydroxyl groups is 1. The minimum atomic E-state index is -0.881. The Kier molecular flexibility index (Phi) is 6.27. The maximum atomic E-state index is 14.9. The maximum absolute atomic E-state index is 14.9. The van der Waals surface area contributed by atoms with E-state index in [0.29, 0.717) is 71.6 Å². The predicted molar refractivity (Wildman–Crippen MR) is 149 cm³/mol. The highest BCUT2D eigenvalue weighted by molar-refractivity contribution is 6.16. The molecule has 3 fully saturated rings. The van der Waals surface area contributed by atoms with E-state index in [-0.39, 0.29) is 54.7 Å². The van der Waals surface area contributed by atoms with Gasteiger partial charge in [-0.2, -0.15) is 9.97 Å². The minimum absolute atomic E-state index is 0.0307. The highest BCUT2D eigenvalue weighted by atomic mass is 19.1. The third kappa shape index (κ3) is 4.20. The molecule has 4 aliphatic rings. The van der Waals surface area contributed by atoms with Crippen molar-refractivity contribution in [1.29, 1.82) is 0 Å². The number of aliphatic hydroxyl groups excluding tert-OH is 1. The summed E-state index contributed by atoms with van der Waals surface area (Å²) in [6.07, 6.45) is 1.79. The van der Waals surface area contributed by atoms with Gasteiger partial charge in [0.1, 0.15) is 35.7 Å². The Morgan fingerprint density at radius 3 is 2.80 bits per heavy atom. The summed E-state index contributed by atoms with van der Waals surface area (Å²) in [5, 5.41) is 21.3. The van der Waals surface area contributed by atoms with Gasteiger partial charge in [-0.05, 0) is 48.9 Å². The Balaban J connectivity index is 1.27. The SMILES string of the molecule is CCc1c(F)ccc2cc(O)cc(N3Cc4nc(OC[C@@]56CCCN5C[C@H](F)C6)nc(N5CC(CO)C5)c4C3=O)c12. The predicted octanol–water partition coefficient (Wildman–Crippen LogP) is 3.58. The van der Waals surface area contributed by atoms with Gasteiger partial charge in [-0.3, -0.25) is 9.69 Å². The number of alkyl halides is 1. The summed E-state index contributed by atoms with van der Waals surface area (Å²) in [7, 11) is 0. The number of amides is 1. The highest BCUT2D eigenvalue weighted by Crippen LogP contribution is 2.43. The Morgan fingerprint density at radius 2 is 2.02 bits per heavy atom. The third-order valence-electron chi connectivity index (χ3n) is 9.23. The van der Waals surface area contributed by atoms with Gasteiger partial charge in [0.05, 0.1) is 23.5 Å². The van der Waals surface area contributed by atoms with E-state index in [1.54, 1.807) is 12.1 Å². The van der Waals surface area contributed by atoms with Crippen molar-refractivity contribution in [1.82, 2.24) is 14.9 Å². The summed E-state index contributed by atoms with van der Waals surface area (Å²) in [5.74, 6) is -0.232. The van der Waals surface area contributed by atoms with Crippen molar-refractivity contribution in [3.05, 3.63) is 46.9 Å². The lowest BCUT2D eigenvalue weighted by atomic mass is 9.95. The molecule has 9 nitrogen and oxygen atoms in total. The molecular weight excluding hydrogens is 532 g/mol. The number of benzene rings is 2. The van der Waals surface area contributed by atoms with Crippen LogP contribution < -0.4 is 14.5 Å². The van der Waals surface area contributed by atoms with Gasteiger partial charge >= 0.3 is 6.01 Å². The molecule has 2 N–H and O–H groups in total. The fourth-order valence-electron chi connectivity index (χ4n) is 7.19. The Labute approximate surface area is 236 Å². The number of nitrogens with zero attached hydrogens (tertiary/aromatic N) is 5. The molecule has 2 aromatic carbocycles. The zero-order valence-corrected chi connectivity index (χ0v) is 22.9. The number of aromatic hydroxyl groups is 1. The number of carbonyl (C=O) groups is 1. The minimum Gasteiger partial charge on any atom is -0.508 e. The zero-order valence-electron chi connectivity index (χ0n) is 22.9. The van der Waals surface area contributed by atoms with Gasteiger partial charge in [-0.1, -0.05) is 13.0 Å². The number of phenols is 1. The second-order valence-corrected chi connectivity index (χ2v) is 11.8. The standard InChI is InChI=1S/C30H33F2N5O4/c1-2-21-22(32)5-4-18-8-20(39)9-24(25(18)21)37-14-23-26(28(37)40)27(35-11-17(12-35)15-38)34-29(33-23)41-16-30-6-3-7-36(30)13-19(31)10-30/h4-5,8-9,17,19,38-39H,2-3,6-7,10-16H2,1H3/t19-,30+/m1/s1. The number of carbonyl (C=O) groups excluding carboxylic acids is 1. The number of ether oxygens (including phenoxy) is 1. The normalized spacial score (nSPS) is 24.3. The smallest absolute Gasteiger partial charge is 0.318 e. The number of hydrogen-bond donors (Lipinski definition) is 2. The average molecular weight is 566 g/mol. The quantitative estimate of drug-likeness (QED) is 0.448. The fourth-order valence-corrected chi connectivity index (χ4v) is 7.19. The van der Waals surface area contributed by atoms with Crippen molar-refractivity contribution in [3.63, 3.8) is 0 Å². The molecule has 1 amide bonds. The molecule has 11 heteroatoms. The first-order valence-electron chi connectivity index (χ1n) is 14.3. The van der Waals surface area contributed by atoms with E-state index in [1.807, 2.05) is 11.8 Å². The number of aromatic nitrogens is 2. The lowest BCUT2D eigenvalue weighted by molar-refractivity contribution is 0.0995. The largest absolute Gasteiger partial charge is 0.508 e. The van der Waals surface area contributed by atoms with Gasteiger partial charge in [0.15, 0.2) is 0 Å². The summed E-state index contributed by atoms with van der Waals surface area (Å²) < 4.78 is 35.4. The molecule has 0 spiro atoms. The lowest BCUT2D eigenvalue weighted by Crippen LogP contribution is -2.49. The van der Waals surface area contributed by atoms with Crippen molar-refractivity contribution in [3.8, 4) is 11.8 Å². The lowest BCUT2D eigenvalue weighted by Gasteiger charge is -2.39. The molecule has 3 saturated heterocycles. The molecule has 3 aromatic rings. The highest BCUT2D eigenvalue weighted by Gasteiger charge is 2.49. The molecule has 0 saturated carbocycles. The van der Waals surface area contributed by atoms with Crippen LogP contribution in [-0.4, -0.2) is 82.1 Å². The molecule has 1 aromatic heterocycles. The van der Waals surface area contributed by atoms with Gasteiger partial charge in [-0.15, -0.1) is 0 Å². The zero-order chi connectivity index (χ0) is 28.5. The van der Waals surface area contributed by atoms with Crippen molar-refractivity contribution in [2.45, 2.75) is 50.9 Å². The number of aryl methyl sites for hydroxylation is 1. The second kappa shape index (κ2) is 9.77. The Bertz CT molecular complexity index is 1550. The summed E-state index contributed by atoms with van der Waals surface area (Å²) in [6, 6.07) is 6.16. The summed E-state index contributed by atoms with van der Waals surface area (Å²) in [5.41, 5.74) is 1.32. The van der Waals surface area contributed by atoms with Crippen molar-refractivity contribution >= 4 is 28.2 Å². The van der Waals surface area contributed by atoms with Crippen LogP contribution in [0.2, 0.25) is 0 Å². The molecule has 5 heterocycles. The first-order chi connectivity index (χ1) is 19.8. The van der Waals surface area contributed by atoms with E-state index in [0.717, 1.165) is 19.4 Å². The van der Waals surface area contributed by atoms with Gasteiger partial charge in [0.2, 0.25) is 0 Å². The summed E-state index contributed by atoms with van der Waals surface area (Å²) in [6.45, 7) is 4.58. The van der Waals surface area contributed by atoms with Crippen LogP contribution in [0.25, 0.3) is 10.8 Å². The molecule has 7 rings (SSSR count). The van der Waals surface area contributed by atoms with Crippen LogP contribution in [0.1, 0.15) is 47.8 Å². The van der Waals surface area contributed by atoms with Crippen LogP contribution in [0.15, 0.2) is 24.3 Å². The fraction of sp³-hybridized carbons (Fsp3) is 0.500. The molecule has 0 unspecified atom stereocenters. The average Bonchev–Trinajstić information content (AvgIpc) is 3.56. The number of fused-ring (bicyclic) bond motifs is 3. The van der Waals surface area contributed by atoms with Crippen LogP contribution >= 0.6 is 0 Å². The van der Waals surface area contributed by atoms with Crippen molar-refractivity contribution in [2.24, 2.45) is 5.92 Å². The van der Waals surface area contributed by atoms with Crippen LogP contribution in [0.5, 0.6) is 11.8 Å². The van der Waals surface area contributed by atoms with Crippen molar-refractivity contribution in [2.75, 3.05) is 49.2 Å². The Morgan fingerprint density at radius 1 is 1.20 bits per heavy atom. The topological polar surface area (TPSA) is 102 Å². The number of anilines is 2. The van der Waals surface area contributed by atoms with E-state index >= 15 is 0 Å². The molecule has 4 aliphatic heterocycles. The molecule has 2 atom stereocenters. The van der Waals surface area contributed by atoms with Crippen LogP contribution in [0.4, 0.5) is 20.3 Å². The van der Waals surface area contributed by atoms with E-state index in [9.17, 15) is 23.8 Å². The maximum Gasteiger partial charge on any atom is 0.318 e. The first kappa shape index (κ1) is 26.3. The number of phenolic OH excluding ortho intramolecular Hbond substituents is 1. The van der Waals surface area contributed by atoms with Crippen LogP contribution in [-0.2, 0) is 13.0 Å². The number of hydrogen-bond acceptors (Lipinski definition) is 8. The van der Waals surface area contributed by atoms with E-state index in [1.165, 1.54) is 17.0 Å². The number of halogens is 2. The first-order valence-corrected chi connectivity index (χ1v) is 14.3. The molecule has 0 bridgehead atoms. The van der Waals surface area contributed by atoms with Gasteiger partial charge < -0.3 is 24.7 Å². The van der Waals surface area contributed by atoms with Crippen molar-refractivity contribution < 1.29 is 28.5 Å². The van der Waals surface area contributed by atoms with E-state index in [2.05, 4.69) is 14.9 Å². The van der Waals surface area contributed by atoms with Crippen LogP contribution in [0, 0.1) is 11.7 Å². The molecule has 41 heavy (non-hydrogen) atoms. The molecule has 216 valence electrons. The van der Waals surface area contributed by atoms with Gasteiger partial charge in [0.25, 0.3) is 5.91 Å². The van der Waals surface area contributed by atoms with Crippen LogP contribution in [0.3, 0.4) is 0 Å². The molecular formula is C30H33F2N5O4. The molecule has 0 aliphatic carbocycles. The molecule has 0 radical (unpaired) electrons. The monoisotopic (exact) mass is 565 g/mol. The third-order valence-corrected chi connectivity index (χ3v) is 9.23.